The zero-order chi connectivity index (χ0) is 23.9. The molecule has 0 atom stereocenters. The molecule has 1 aromatic heterocycles. The van der Waals surface area contributed by atoms with E-state index >= 15 is 0 Å². The minimum Gasteiger partial charge on any atom is -0.349 e. The van der Waals surface area contributed by atoms with Gasteiger partial charge in [-0.1, -0.05) is 55.8 Å². The molecule has 0 radical (unpaired) electrons. The molecule has 180 valence electrons. The van der Waals surface area contributed by atoms with Crippen LogP contribution in [0.5, 0.6) is 0 Å². The highest BCUT2D eigenvalue weighted by Gasteiger charge is 2.21. The highest BCUT2D eigenvalue weighted by molar-refractivity contribution is 6.30. The van der Waals surface area contributed by atoms with Crippen molar-refractivity contribution in [2.75, 3.05) is 19.6 Å². The van der Waals surface area contributed by atoms with E-state index in [1.807, 2.05) is 35.0 Å². The van der Waals surface area contributed by atoms with Crippen LogP contribution in [0.15, 0.2) is 60.7 Å². The molecular formula is C28H35ClN4O. The first-order chi connectivity index (χ1) is 16.5. The van der Waals surface area contributed by atoms with Gasteiger partial charge < -0.3 is 5.32 Å². The lowest BCUT2D eigenvalue weighted by Crippen LogP contribution is -2.41. The van der Waals surface area contributed by atoms with Gasteiger partial charge in [0, 0.05) is 10.7 Å². The lowest BCUT2D eigenvalue weighted by Gasteiger charge is -2.31. The summed E-state index contributed by atoms with van der Waals surface area (Å²) in [6.07, 6.45) is 4.27. The zero-order valence-corrected chi connectivity index (χ0v) is 21.0. The van der Waals surface area contributed by atoms with Gasteiger partial charge in [0.05, 0.1) is 24.5 Å². The number of halogens is 1. The van der Waals surface area contributed by atoms with Crippen molar-refractivity contribution in [1.29, 1.82) is 0 Å². The molecule has 1 aliphatic rings. The van der Waals surface area contributed by atoms with Crippen molar-refractivity contribution in [2.24, 2.45) is 11.8 Å². The van der Waals surface area contributed by atoms with E-state index in [4.69, 9.17) is 16.7 Å². The minimum absolute atomic E-state index is 0.0656. The Bertz CT molecular complexity index is 1050. The minimum atomic E-state index is 0.0656. The first-order valence-electron chi connectivity index (χ1n) is 12.3. The molecule has 1 fully saturated rings. The first-order valence-corrected chi connectivity index (χ1v) is 12.7. The molecule has 1 N–H and O–H groups in total. The Labute approximate surface area is 208 Å². The number of nitrogens with zero attached hydrogens (tertiary/aromatic N) is 3. The second-order valence-electron chi connectivity index (χ2n) is 9.80. The van der Waals surface area contributed by atoms with Crippen LogP contribution in [-0.2, 0) is 24.2 Å². The Balaban J connectivity index is 1.26. The van der Waals surface area contributed by atoms with Crippen LogP contribution in [0.1, 0.15) is 43.6 Å². The van der Waals surface area contributed by atoms with E-state index < -0.39 is 0 Å². The summed E-state index contributed by atoms with van der Waals surface area (Å²) < 4.78 is 2.01. The molecule has 0 aliphatic carbocycles. The van der Waals surface area contributed by atoms with Crippen molar-refractivity contribution >= 4 is 17.5 Å². The SMILES string of the molecule is CC(C)Cc1cc(CNC(=O)CN2CCC(Cc3ccc(Cl)cc3)CC2)nn1-c1ccccc1. The molecule has 5 nitrogen and oxygen atoms in total. The quantitative estimate of drug-likeness (QED) is 0.454. The van der Waals surface area contributed by atoms with Crippen molar-refractivity contribution < 1.29 is 4.79 Å². The normalized spacial score (nSPS) is 15.1. The highest BCUT2D eigenvalue weighted by Crippen LogP contribution is 2.22. The fraction of sp³-hybridized carbons (Fsp3) is 0.429. The van der Waals surface area contributed by atoms with Gasteiger partial charge in [-0.3, -0.25) is 9.69 Å². The maximum Gasteiger partial charge on any atom is 0.234 e. The summed E-state index contributed by atoms with van der Waals surface area (Å²) in [6, 6.07) is 20.5. The number of benzene rings is 2. The fourth-order valence-electron chi connectivity index (χ4n) is 4.67. The molecule has 1 amide bonds. The third-order valence-electron chi connectivity index (χ3n) is 6.43. The number of carbonyl (C=O) groups is 1. The molecule has 0 bridgehead atoms. The van der Waals surface area contributed by atoms with Gasteiger partial charge in [0.25, 0.3) is 0 Å². The Morgan fingerprint density at radius 3 is 2.47 bits per heavy atom. The lowest BCUT2D eigenvalue weighted by atomic mass is 9.90. The lowest BCUT2D eigenvalue weighted by molar-refractivity contribution is -0.122. The van der Waals surface area contributed by atoms with Gasteiger partial charge in [-0.05, 0) is 86.5 Å². The second-order valence-corrected chi connectivity index (χ2v) is 10.2. The summed E-state index contributed by atoms with van der Waals surface area (Å²) in [5.74, 6) is 1.27. The van der Waals surface area contributed by atoms with E-state index in [-0.39, 0.29) is 5.91 Å². The van der Waals surface area contributed by atoms with Crippen LogP contribution in [0.3, 0.4) is 0 Å². The van der Waals surface area contributed by atoms with Gasteiger partial charge in [0.1, 0.15) is 0 Å². The standard InChI is InChI=1S/C28H35ClN4O/c1-21(2)16-27-18-25(31-33(27)26-6-4-3-5-7-26)19-30-28(34)20-32-14-12-23(13-15-32)17-22-8-10-24(29)11-9-22/h3-11,18,21,23H,12-17,19-20H2,1-2H3,(H,30,34). The Morgan fingerprint density at radius 2 is 1.79 bits per heavy atom. The van der Waals surface area contributed by atoms with E-state index in [1.54, 1.807) is 0 Å². The summed E-state index contributed by atoms with van der Waals surface area (Å²) >= 11 is 5.99. The number of para-hydroxylation sites is 1. The van der Waals surface area contributed by atoms with Crippen LogP contribution in [0.4, 0.5) is 0 Å². The smallest absolute Gasteiger partial charge is 0.234 e. The van der Waals surface area contributed by atoms with Crippen LogP contribution in [0, 0.1) is 11.8 Å². The predicted octanol–water partition coefficient (Wildman–Crippen LogP) is 5.30. The largest absolute Gasteiger partial charge is 0.349 e. The second kappa shape index (κ2) is 11.7. The van der Waals surface area contributed by atoms with Crippen LogP contribution < -0.4 is 5.32 Å². The van der Waals surface area contributed by atoms with Crippen molar-refractivity contribution in [1.82, 2.24) is 20.0 Å². The molecule has 34 heavy (non-hydrogen) atoms. The molecular weight excluding hydrogens is 444 g/mol. The first kappa shape index (κ1) is 24.5. The third kappa shape index (κ3) is 6.94. The molecule has 4 rings (SSSR count). The maximum absolute atomic E-state index is 12.6. The van der Waals surface area contributed by atoms with Gasteiger partial charge in [-0.15, -0.1) is 0 Å². The number of piperidine rings is 1. The summed E-state index contributed by atoms with van der Waals surface area (Å²) in [4.78, 5) is 14.9. The van der Waals surface area contributed by atoms with E-state index in [9.17, 15) is 4.79 Å². The molecule has 0 unspecified atom stereocenters. The van der Waals surface area contributed by atoms with Gasteiger partial charge in [0.15, 0.2) is 0 Å². The van der Waals surface area contributed by atoms with Crippen LogP contribution in [0.2, 0.25) is 5.02 Å². The van der Waals surface area contributed by atoms with E-state index in [0.29, 0.717) is 24.9 Å². The molecule has 2 aromatic carbocycles. The average Bonchev–Trinajstić information content (AvgIpc) is 3.23. The Kier molecular flexibility index (Phi) is 8.41. The summed E-state index contributed by atoms with van der Waals surface area (Å²) in [7, 11) is 0. The third-order valence-corrected chi connectivity index (χ3v) is 6.68. The Morgan fingerprint density at radius 1 is 1.09 bits per heavy atom. The van der Waals surface area contributed by atoms with Gasteiger partial charge in [-0.25, -0.2) is 4.68 Å². The zero-order valence-electron chi connectivity index (χ0n) is 20.2. The highest BCUT2D eigenvalue weighted by atomic mass is 35.5. The van der Waals surface area contributed by atoms with Crippen molar-refractivity contribution in [2.45, 2.75) is 46.1 Å². The van der Waals surface area contributed by atoms with Crippen LogP contribution >= 0.6 is 11.6 Å². The number of nitrogens with one attached hydrogen (secondary N) is 1. The monoisotopic (exact) mass is 478 g/mol. The van der Waals surface area contributed by atoms with E-state index in [0.717, 1.165) is 55.2 Å². The average molecular weight is 479 g/mol. The molecule has 0 spiro atoms. The van der Waals surface area contributed by atoms with Crippen molar-refractivity contribution in [3.8, 4) is 5.69 Å². The molecule has 2 heterocycles. The topological polar surface area (TPSA) is 50.2 Å². The number of carbonyl (C=O) groups excluding carboxylic acids is 1. The fourth-order valence-corrected chi connectivity index (χ4v) is 4.79. The molecule has 3 aromatic rings. The maximum atomic E-state index is 12.6. The number of likely N-dealkylation sites (tertiary alicyclic amines) is 1. The number of hydrogen-bond donors (Lipinski definition) is 1. The molecule has 0 saturated carbocycles. The number of hydrogen-bond acceptors (Lipinski definition) is 3. The number of amides is 1. The summed E-state index contributed by atoms with van der Waals surface area (Å²) in [5.41, 5.74) is 4.47. The van der Waals surface area contributed by atoms with Gasteiger partial charge in [0.2, 0.25) is 5.91 Å². The van der Waals surface area contributed by atoms with Gasteiger partial charge in [-0.2, -0.15) is 5.10 Å². The molecule has 1 aliphatic heterocycles. The number of aromatic nitrogens is 2. The summed E-state index contributed by atoms with van der Waals surface area (Å²) in [6.45, 7) is 7.26. The molecule has 6 heteroatoms. The Hall–Kier alpha value is -2.63. The van der Waals surface area contributed by atoms with Crippen molar-refractivity contribution in [3.05, 3.63) is 82.6 Å². The van der Waals surface area contributed by atoms with E-state index in [2.05, 4.69) is 54.4 Å². The van der Waals surface area contributed by atoms with Crippen molar-refractivity contribution in [3.63, 3.8) is 0 Å². The van der Waals surface area contributed by atoms with Crippen LogP contribution in [0.25, 0.3) is 5.69 Å². The predicted molar refractivity (Wildman–Crippen MR) is 138 cm³/mol. The number of rotatable bonds is 9. The van der Waals surface area contributed by atoms with Crippen LogP contribution in [-0.4, -0.2) is 40.2 Å². The van der Waals surface area contributed by atoms with Gasteiger partial charge >= 0.3 is 0 Å². The van der Waals surface area contributed by atoms with E-state index in [1.165, 1.54) is 11.3 Å². The molecule has 1 saturated heterocycles. The summed E-state index contributed by atoms with van der Waals surface area (Å²) in [5, 5.41) is 8.65.